The van der Waals surface area contributed by atoms with Crippen LogP contribution in [-0.2, 0) is 17.8 Å². The van der Waals surface area contributed by atoms with Crippen LogP contribution in [0.4, 0.5) is 10.5 Å². The molecule has 0 aromatic heterocycles. The highest BCUT2D eigenvalue weighted by atomic mass is 32.2. The zero-order chi connectivity index (χ0) is 21.5. The molecule has 31 heavy (non-hydrogen) atoms. The lowest BCUT2D eigenvalue weighted by molar-refractivity contribution is -0.444. The lowest BCUT2D eigenvalue weighted by atomic mass is 10.0. The van der Waals surface area contributed by atoms with Crippen LogP contribution in [0.2, 0.25) is 0 Å². The van der Waals surface area contributed by atoms with Crippen LogP contribution in [-0.4, -0.2) is 27.5 Å². The van der Waals surface area contributed by atoms with Crippen molar-refractivity contribution in [3.8, 4) is 0 Å². The monoisotopic (exact) mass is 427 g/mol. The van der Waals surface area contributed by atoms with Crippen molar-refractivity contribution in [3.63, 3.8) is 0 Å². The number of benzene rings is 3. The number of carbonyl (C=O) groups excluding carboxylic acids is 2. The minimum absolute atomic E-state index is 0.175. The lowest BCUT2D eigenvalue weighted by Crippen LogP contribution is -2.55. The summed E-state index contributed by atoms with van der Waals surface area (Å²) in [7, 11) is 0. The Hall–Kier alpha value is -3.18. The quantitative estimate of drug-likeness (QED) is 0.537. The van der Waals surface area contributed by atoms with E-state index in [4.69, 9.17) is 0 Å². The van der Waals surface area contributed by atoms with Gasteiger partial charge in [-0.2, -0.15) is 9.37 Å². The van der Waals surface area contributed by atoms with E-state index in [1.54, 1.807) is 4.58 Å². The number of aryl methyl sites for hydroxylation is 2. The molecule has 2 aliphatic rings. The maximum Gasteiger partial charge on any atom is 0.506 e. The largest absolute Gasteiger partial charge is 0.506 e. The molecule has 0 fully saturated rings. The zero-order valence-corrected chi connectivity index (χ0v) is 18.4. The van der Waals surface area contributed by atoms with Crippen LogP contribution in [0.1, 0.15) is 29.2 Å². The van der Waals surface area contributed by atoms with E-state index in [1.165, 1.54) is 22.2 Å². The SMILES string of the molecule is CCc1ccc(N2C(=O)C3Sc4ccccc4C3=[N+](Cc3ccccc3C)C2=O)cc1. The Morgan fingerprint density at radius 3 is 2.39 bits per heavy atom. The van der Waals surface area contributed by atoms with E-state index in [2.05, 4.69) is 19.9 Å². The van der Waals surface area contributed by atoms with Crippen LogP contribution < -0.4 is 4.90 Å². The average Bonchev–Trinajstić information content (AvgIpc) is 3.18. The first-order valence-electron chi connectivity index (χ1n) is 10.5. The summed E-state index contributed by atoms with van der Waals surface area (Å²) >= 11 is 1.53. The number of amides is 3. The van der Waals surface area contributed by atoms with Crippen molar-refractivity contribution in [2.24, 2.45) is 0 Å². The Balaban J connectivity index is 1.66. The van der Waals surface area contributed by atoms with Gasteiger partial charge in [0.2, 0.25) is 0 Å². The van der Waals surface area contributed by atoms with Gasteiger partial charge in [-0.3, -0.25) is 0 Å². The first-order valence-corrected chi connectivity index (χ1v) is 11.4. The Kier molecular flexibility index (Phi) is 4.98. The van der Waals surface area contributed by atoms with Gasteiger partial charge < -0.3 is 0 Å². The average molecular weight is 428 g/mol. The number of hydrogen-bond acceptors (Lipinski definition) is 3. The number of imide groups is 1. The summed E-state index contributed by atoms with van der Waals surface area (Å²) in [6.07, 6.45) is 0.910. The molecule has 5 rings (SSSR count). The van der Waals surface area contributed by atoms with Crippen molar-refractivity contribution in [1.29, 1.82) is 0 Å². The Morgan fingerprint density at radius 2 is 1.65 bits per heavy atom. The fourth-order valence-corrected chi connectivity index (χ4v) is 5.51. The van der Waals surface area contributed by atoms with Crippen LogP contribution in [0, 0.1) is 6.92 Å². The van der Waals surface area contributed by atoms with Gasteiger partial charge >= 0.3 is 11.9 Å². The second-order valence-electron chi connectivity index (χ2n) is 7.87. The van der Waals surface area contributed by atoms with Gasteiger partial charge in [-0.05, 0) is 54.3 Å². The van der Waals surface area contributed by atoms with Crippen LogP contribution >= 0.6 is 11.8 Å². The van der Waals surface area contributed by atoms with Crippen LogP contribution in [0.25, 0.3) is 0 Å². The highest BCUT2D eigenvalue weighted by Gasteiger charge is 2.53. The number of urea groups is 1. The van der Waals surface area contributed by atoms with E-state index in [1.807, 2.05) is 66.7 Å². The molecule has 0 saturated carbocycles. The van der Waals surface area contributed by atoms with E-state index in [-0.39, 0.29) is 11.9 Å². The van der Waals surface area contributed by atoms with Crippen LogP contribution in [0.3, 0.4) is 0 Å². The highest BCUT2D eigenvalue weighted by molar-refractivity contribution is 8.02. The number of carbonyl (C=O) groups is 2. The molecule has 0 radical (unpaired) electrons. The molecule has 0 saturated heterocycles. The van der Waals surface area contributed by atoms with Gasteiger partial charge in [0, 0.05) is 10.5 Å². The van der Waals surface area contributed by atoms with Gasteiger partial charge in [0.1, 0.15) is 17.9 Å². The maximum atomic E-state index is 13.8. The van der Waals surface area contributed by atoms with Crippen LogP contribution in [0.15, 0.2) is 77.7 Å². The Bertz CT molecular complexity index is 1230. The molecule has 3 aromatic carbocycles. The molecule has 154 valence electrons. The molecule has 5 heteroatoms. The second-order valence-corrected chi connectivity index (χ2v) is 9.02. The third-order valence-corrected chi connectivity index (χ3v) is 7.28. The number of anilines is 1. The number of nitrogens with zero attached hydrogens (tertiary/aromatic N) is 2. The second kappa shape index (κ2) is 7.82. The maximum absolute atomic E-state index is 13.8. The van der Waals surface area contributed by atoms with Crippen molar-refractivity contribution < 1.29 is 14.2 Å². The van der Waals surface area contributed by atoms with E-state index in [0.29, 0.717) is 12.2 Å². The van der Waals surface area contributed by atoms with Crippen molar-refractivity contribution in [2.45, 2.75) is 37.0 Å². The Labute approximate surface area is 186 Å². The third-order valence-electron chi connectivity index (χ3n) is 6.01. The van der Waals surface area contributed by atoms with Crippen LogP contribution in [0.5, 0.6) is 0 Å². The van der Waals surface area contributed by atoms with E-state index in [0.717, 1.165) is 33.7 Å². The molecule has 0 bridgehead atoms. The smallest absolute Gasteiger partial charge is 0.244 e. The number of rotatable bonds is 4. The van der Waals surface area contributed by atoms with Gasteiger partial charge in [-0.1, -0.05) is 55.5 Å². The highest BCUT2D eigenvalue weighted by Crippen LogP contribution is 2.41. The normalized spacial score (nSPS) is 17.7. The molecule has 0 aliphatic carbocycles. The topological polar surface area (TPSA) is 40.4 Å². The Morgan fingerprint density at radius 1 is 0.935 bits per heavy atom. The van der Waals surface area contributed by atoms with Gasteiger partial charge in [0.05, 0.1) is 0 Å². The van der Waals surface area contributed by atoms with E-state index >= 15 is 0 Å². The summed E-state index contributed by atoms with van der Waals surface area (Å²) < 4.78 is 1.79. The molecule has 1 unspecified atom stereocenters. The molecule has 0 N–H and O–H groups in total. The molecule has 3 aromatic rings. The molecule has 4 nitrogen and oxygen atoms in total. The van der Waals surface area contributed by atoms with Gasteiger partial charge in [0.15, 0.2) is 5.25 Å². The number of hydrogen-bond donors (Lipinski definition) is 0. The van der Waals surface area contributed by atoms with E-state index < -0.39 is 5.25 Å². The number of thioether (sulfide) groups is 1. The minimum atomic E-state index is -0.426. The first kappa shape index (κ1) is 19.8. The summed E-state index contributed by atoms with van der Waals surface area (Å²) in [5.74, 6) is -0.175. The summed E-state index contributed by atoms with van der Waals surface area (Å²) in [6.45, 7) is 4.57. The molecule has 2 aliphatic heterocycles. The lowest BCUT2D eigenvalue weighted by Gasteiger charge is -2.25. The summed E-state index contributed by atoms with van der Waals surface area (Å²) in [6, 6.07) is 23.5. The summed E-state index contributed by atoms with van der Waals surface area (Å²) in [5, 5.41) is -0.426. The molecule has 3 amide bonds. The summed E-state index contributed by atoms with van der Waals surface area (Å²) in [4.78, 5) is 29.7. The predicted octanol–water partition coefficient (Wildman–Crippen LogP) is 5.20. The molecule has 0 spiro atoms. The van der Waals surface area contributed by atoms with Crippen molar-refractivity contribution in [1.82, 2.24) is 0 Å². The molecule has 1 atom stereocenters. The van der Waals surface area contributed by atoms with Gasteiger partial charge in [-0.25, -0.2) is 4.79 Å². The van der Waals surface area contributed by atoms with Gasteiger partial charge in [-0.15, -0.1) is 16.7 Å². The zero-order valence-electron chi connectivity index (χ0n) is 17.5. The minimum Gasteiger partial charge on any atom is -0.244 e. The van der Waals surface area contributed by atoms with Crippen molar-refractivity contribution in [2.75, 3.05) is 4.90 Å². The summed E-state index contributed by atoms with van der Waals surface area (Å²) in [5.41, 5.74) is 5.79. The number of fused-ring (bicyclic) bond motifs is 3. The fourth-order valence-electron chi connectivity index (χ4n) is 4.22. The third kappa shape index (κ3) is 3.29. The fraction of sp³-hybridized carbons (Fsp3) is 0.192. The van der Waals surface area contributed by atoms with E-state index in [9.17, 15) is 9.59 Å². The first-order chi connectivity index (χ1) is 15.1. The van der Waals surface area contributed by atoms with Crippen molar-refractivity contribution >= 4 is 35.1 Å². The molecular formula is C26H23N2O2S+. The molecule has 2 heterocycles. The van der Waals surface area contributed by atoms with Crippen molar-refractivity contribution in [3.05, 3.63) is 95.1 Å². The predicted molar refractivity (Wildman–Crippen MR) is 124 cm³/mol. The standard InChI is InChI=1S/C26H23N2O2S/c1-3-18-12-14-20(15-13-18)28-25(29)24-23(21-10-6-7-11-22(21)31-24)27(26(28)30)16-19-9-5-4-8-17(19)2/h4-15,24H,3,16H2,1-2H3/q+1. The molecular weight excluding hydrogens is 404 g/mol. The van der Waals surface area contributed by atoms with Gasteiger partial charge in [0.25, 0.3) is 0 Å².